The fourth-order valence-corrected chi connectivity index (χ4v) is 11.0. The smallest absolute Gasteiger partial charge is 0.0730 e. The van der Waals surface area contributed by atoms with Crippen LogP contribution < -0.4 is 0 Å². The molecule has 0 spiro atoms. The predicted molar refractivity (Wildman–Crippen MR) is 270 cm³/mol. The van der Waals surface area contributed by atoms with Crippen molar-refractivity contribution < 1.29 is 0 Å². The summed E-state index contributed by atoms with van der Waals surface area (Å²) in [5.74, 6) is 0. The van der Waals surface area contributed by atoms with Gasteiger partial charge < -0.3 is 4.57 Å². The van der Waals surface area contributed by atoms with Gasteiger partial charge in [-0.15, -0.1) is 11.3 Å². The lowest BCUT2D eigenvalue weighted by molar-refractivity contribution is 1.16. The fourth-order valence-electron chi connectivity index (χ4n) is 9.91. The molecule has 3 aromatic heterocycles. The van der Waals surface area contributed by atoms with Crippen LogP contribution >= 0.6 is 11.3 Å². The number of pyridine rings is 1. The van der Waals surface area contributed by atoms with E-state index in [0.29, 0.717) is 0 Å². The average Bonchev–Trinajstić information content (AvgIpc) is 3.88. The van der Waals surface area contributed by atoms with Crippen LogP contribution in [0.1, 0.15) is 5.56 Å². The van der Waals surface area contributed by atoms with E-state index in [0.717, 1.165) is 33.7 Å². The van der Waals surface area contributed by atoms with Crippen molar-refractivity contribution in [2.75, 3.05) is 0 Å². The van der Waals surface area contributed by atoms with Crippen molar-refractivity contribution in [1.29, 1.82) is 0 Å². The topological polar surface area (TPSA) is 17.8 Å². The molecule has 294 valence electrons. The molecule has 0 aliphatic heterocycles. The minimum absolute atomic E-state index is 0.942. The summed E-state index contributed by atoms with van der Waals surface area (Å²) in [5, 5.41) is 12.6. The van der Waals surface area contributed by atoms with Crippen LogP contribution in [0, 0.1) is 6.92 Å². The van der Waals surface area contributed by atoms with Gasteiger partial charge in [-0.2, -0.15) is 0 Å². The van der Waals surface area contributed by atoms with Crippen LogP contribution in [0.2, 0.25) is 0 Å². The Hall–Kier alpha value is -7.85. The second-order valence-corrected chi connectivity index (χ2v) is 17.9. The Morgan fingerprint density at radius 3 is 1.52 bits per heavy atom. The molecule has 0 aliphatic carbocycles. The summed E-state index contributed by atoms with van der Waals surface area (Å²) in [6.07, 6.45) is 0. The predicted octanol–water partition coefficient (Wildman–Crippen LogP) is 17.0. The Labute approximate surface area is 368 Å². The molecule has 0 fully saturated rings. The maximum Gasteiger partial charge on any atom is 0.0730 e. The first kappa shape index (κ1) is 35.9. The molecule has 63 heavy (non-hydrogen) atoms. The van der Waals surface area contributed by atoms with Crippen molar-refractivity contribution in [3.8, 4) is 50.5 Å². The Morgan fingerprint density at radius 2 is 0.810 bits per heavy atom. The van der Waals surface area contributed by atoms with E-state index in [4.69, 9.17) is 4.98 Å². The average molecular weight is 819 g/mol. The number of aromatic nitrogens is 2. The highest BCUT2D eigenvalue weighted by Crippen LogP contribution is 2.44. The van der Waals surface area contributed by atoms with Crippen molar-refractivity contribution in [2.45, 2.75) is 6.92 Å². The summed E-state index contributed by atoms with van der Waals surface area (Å²) in [7, 11) is 0. The maximum atomic E-state index is 5.27. The highest BCUT2D eigenvalue weighted by Gasteiger charge is 2.20. The zero-order valence-electron chi connectivity index (χ0n) is 34.5. The number of hydrogen-bond donors (Lipinski definition) is 0. The number of fused-ring (bicyclic) bond motifs is 12. The molecule has 0 saturated carbocycles. The zero-order chi connectivity index (χ0) is 41.6. The van der Waals surface area contributed by atoms with E-state index >= 15 is 0 Å². The molecule has 2 nitrogen and oxygen atoms in total. The molecule has 0 bridgehead atoms. The molecular weight excluding hydrogens is 781 g/mol. The summed E-state index contributed by atoms with van der Waals surface area (Å²) in [5.41, 5.74) is 13.6. The number of hydrogen-bond acceptors (Lipinski definition) is 2. The summed E-state index contributed by atoms with van der Waals surface area (Å²) >= 11 is 1.87. The summed E-state index contributed by atoms with van der Waals surface area (Å²) in [4.78, 5) is 5.27. The van der Waals surface area contributed by atoms with E-state index in [-0.39, 0.29) is 0 Å². The van der Waals surface area contributed by atoms with E-state index in [1.807, 2.05) is 11.3 Å². The molecule has 0 N–H and O–H groups in total. The number of aryl methyl sites for hydroxylation is 1. The lowest BCUT2D eigenvalue weighted by Crippen LogP contribution is -1.98. The van der Waals surface area contributed by atoms with Crippen LogP contribution in [0.5, 0.6) is 0 Å². The van der Waals surface area contributed by atoms with Gasteiger partial charge in [0.1, 0.15) is 0 Å². The van der Waals surface area contributed by atoms with Gasteiger partial charge in [-0.1, -0.05) is 157 Å². The fraction of sp³-hybridized carbons (Fsp3) is 0.0167. The molecular formula is C60H38N2S. The molecule has 3 heteroatoms. The van der Waals surface area contributed by atoms with Crippen molar-refractivity contribution in [3.63, 3.8) is 0 Å². The van der Waals surface area contributed by atoms with Crippen LogP contribution in [0.3, 0.4) is 0 Å². The summed E-state index contributed by atoms with van der Waals surface area (Å²) in [6.45, 7) is 2.15. The van der Waals surface area contributed by atoms with E-state index < -0.39 is 0 Å². The summed E-state index contributed by atoms with van der Waals surface area (Å²) < 4.78 is 5.12. The lowest BCUT2D eigenvalue weighted by atomic mass is 9.91. The summed E-state index contributed by atoms with van der Waals surface area (Å²) in [6, 6.07) is 78.2. The van der Waals surface area contributed by atoms with Crippen LogP contribution in [-0.2, 0) is 0 Å². The van der Waals surface area contributed by atoms with Crippen molar-refractivity contribution in [3.05, 3.63) is 218 Å². The Kier molecular flexibility index (Phi) is 8.03. The van der Waals surface area contributed by atoms with Crippen LogP contribution in [-0.4, -0.2) is 9.55 Å². The number of benzene rings is 10. The van der Waals surface area contributed by atoms with Gasteiger partial charge in [-0.3, -0.25) is 0 Å². The quantitative estimate of drug-likeness (QED) is 0.158. The van der Waals surface area contributed by atoms with E-state index in [1.54, 1.807) is 0 Å². The molecule has 0 saturated heterocycles. The van der Waals surface area contributed by atoms with E-state index in [9.17, 15) is 0 Å². The van der Waals surface area contributed by atoms with Gasteiger partial charge in [-0.05, 0) is 122 Å². The van der Waals surface area contributed by atoms with Gasteiger partial charge in [0.2, 0.25) is 0 Å². The van der Waals surface area contributed by atoms with Crippen LogP contribution in [0.25, 0.3) is 125 Å². The largest absolute Gasteiger partial charge is 0.309 e. The minimum Gasteiger partial charge on any atom is -0.309 e. The second-order valence-electron chi connectivity index (χ2n) is 16.8. The third kappa shape index (κ3) is 5.81. The molecule has 10 aromatic carbocycles. The first-order valence-corrected chi connectivity index (χ1v) is 22.4. The van der Waals surface area contributed by atoms with Crippen molar-refractivity contribution in [2.24, 2.45) is 0 Å². The van der Waals surface area contributed by atoms with Gasteiger partial charge in [-0.25, -0.2) is 4.98 Å². The molecule has 0 radical (unpaired) electrons. The molecule has 0 unspecified atom stereocenters. The monoisotopic (exact) mass is 818 g/mol. The number of thiophene rings is 1. The minimum atomic E-state index is 0.942. The first-order chi connectivity index (χ1) is 31.1. The van der Waals surface area contributed by atoms with E-state index in [2.05, 4.69) is 224 Å². The van der Waals surface area contributed by atoms with Gasteiger partial charge >= 0.3 is 0 Å². The molecule has 0 amide bonds. The Bertz CT molecular complexity index is 3890. The van der Waals surface area contributed by atoms with Gasteiger partial charge in [0.25, 0.3) is 0 Å². The highest BCUT2D eigenvalue weighted by molar-refractivity contribution is 7.25. The molecule has 0 aliphatic rings. The van der Waals surface area contributed by atoms with Gasteiger partial charge in [0.15, 0.2) is 0 Å². The molecule has 0 atom stereocenters. The zero-order valence-corrected chi connectivity index (χ0v) is 35.3. The molecule has 13 aromatic rings. The van der Waals surface area contributed by atoms with Crippen molar-refractivity contribution in [1.82, 2.24) is 9.55 Å². The van der Waals surface area contributed by atoms with Gasteiger partial charge in [0.05, 0.1) is 28.1 Å². The second kappa shape index (κ2) is 14.1. The van der Waals surface area contributed by atoms with Gasteiger partial charge in [0, 0.05) is 42.1 Å². The third-order valence-corrected chi connectivity index (χ3v) is 14.2. The number of nitrogens with zero attached hydrogens (tertiary/aromatic N) is 2. The highest BCUT2D eigenvalue weighted by atomic mass is 32.1. The van der Waals surface area contributed by atoms with Crippen LogP contribution in [0.4, 0.5) is 0 Å². The van der Waals surface area contributed by atoms with Crippen molar-refractivity contribution >= 4 is 85.6 Å². The standard InChI is InChI=1S/C60H38N2S/c1-37-20-22-38(23-21-37)41-25-28-57-52(31-41)53-35-50-47-27-24-42(43-26-29-60-54(32-43)48-18-10-11-19-59(48)63-60)30-49(47)45-16-8-9-17-46(45)51(50)36-58(53)62(57)44-33-55(39-12-4-2-5-13-39)61-56(34-44)40-14-6-3-7-15-40/h2-36H,1H3. The Morgan fingerprint density at radius 1 is 0.317 bits per heavy atom. The first-order valence-electron chi connectivity index (χ1n) is 21.6. The maximum absolute atomic E-state index is 5.27. The number of rotatable bonds is 5. The lowest BCUT2D eigenvalue weighted by Gasteiger charge is -2.15. The van der Waals surface area contributed by atoms with Crippen LogP contribution in [0.15, 0.2) is 212 Å². The normalized spacial score (nSPS) is 11.9. The van der Waals surface area contributed by atoms with E-state index in [1.165, 1.54) is 96.6 Å². The third-order valence-electron chi connectivity index (χ3n) is 13.0. The molecule has 13 rings (SSSR count). The Balaban J connectivity index is 1.10. The SMILES string of the molecule is Cc1ccc(-c2ccc3c(c2)c2cc4c5ccc(-c6ccc7sc8ccccc8c7c6)cc5c5ccccc5c4cc2n3-c2cc(-c3ccccc3)nc(-c3ccccc3)c2)cc1. The molecule has 3 heterocycles.